The smallest absolute Gasteiger partial charge is 0.236 e. The zero-order valence-electron chi connectivity index (χ0n) is 14.8. The Hall–Kier alpha value is -2.95. The highest BCUT2D eigenvalue weighted by atomic mass is 16.2. The van der Waals surface area contributed by atoms with E-state index in [4.69, 9.17) is 0 Å². The number of rotatable bonds is 2. The van der Waals surface area contributed by atoms with Gasteiger partial charge in [-0.3, -0.25) is 9.78 Å². The van der Waals surface area contributed by atoms with Crippen molar-refractivity contribution in [1.82, 2.24) is 14.5 Å². The van der Waals surface area contributed by atoms with Gasteiger partial charge in [0.2, 0.25) is 5.91 Å². The SMILES string of the molecule is Cc1cnccc1-n1cnc(-c2ccc3c(c2)N(C)C(=O)C3(C)C)c1. The lowest BCUT2D eigenvalue weighted by atomic mass is 9.86. The molecule has 0 bridgehead atoms. The van der Waals surface area contributed by atoms with Crippen LogP contribution < -0.4 is 4.90 Å². The van der Waals surface area contributed by atoms with Gasteiger partial charge < -0.3 is 9.47 Å². The third-order valence-corrected chi connectivity index (χ3v) is 5.02. The lowest BCUT2D eigenvalue weighted by molar-refractivity contribution is -0.121. The fourth-order valence-corrected chi connectivity index (χ4v) is 3.50. The maximum absolute atomic E-state index is 12.5. The zero-order chi connectivity index (χ0) is 17.8. The van der Waals surface area contributed by atoms with Crippen molar-refractivity contribution >= 4 is 11.6 Å². The number of likely N-dealkylation sites (N-methyl/N-ethyl adjacent to an activating group) is 1. The first-order chi connectivity index (χ1) is 11.9. The molecule has 0 radical (unpaired) electrons. The van der Waals surface area contributed by atoms with E-state index in [9.17, 15) is 4.79 Å². The number of benzene rings is 1. The van der Waals surface area contributed by atoms with Crippen LogP contribution in [0, 0.1) is 6.92 Å². The predicted octanol–water partition coefficient (Wildman–Crippen LogP) is 3.50. The molecule has 1 aromatic carbocycles. The van der Waals surface area contributed by atoms with Gasteiger partial charge in [0.15, 0.2) is 0 Å². The average Bonchev–Trinajstić information content (AvgIpc) is 3.15. The lowest BCUT2D eigenvalue weighted by Gasteiger charge is -2.16. The zero-order valence-corrected chi connectivity index (χ0v) is 14.8. The molecule has 0 saturated carbocycles. The second kappa shape index (κ2) is 5.28. The van der Waals surface area contributed by atoms with Crippen LogP contribution in [0.1, 0.15) is 25.0 Å². The molecule has 0 N–H and O–H groups in total. The van der Waals surface area contributed by atoms with E-state index < -0.39 is 5.41 Å². The summed E-state index contributed by atoms with van der Waals surface area (Å²) in [7, 11) is 1.83. The summed E-state index contributed by atoms with van der Waals surface area (Å²) >= 11 is 0. The van der Waals surface area contributed by atoms with Crippen LogP contribution in [0.5, 0.6) is 0 Å². The number of anilines is 1. The van der Waals surface area contributed by atoms with E-state index in [0.29, 0.717) is 0 Å². The van der Waals surface area contributed by atoms with Gasteiger partial charge in [-0.2, -0.15) is 0 Å². The molecule has 3 aromatic rings. The third kappa shape index (κ3) is 2.27. The summed E-state index contributed by atoms with van der Waals surface area (Å²) in [6.07, 6.45) is 7.43. The molecular formula is C20H20N4O. The standard InChI is InChI=1S/C20H20N4O/c1-13-10-21-8-7-17(13)24-11-16(22-12-24)14-5-6-15-18(9-14)23(4)19(25)20(15,2)3/h5-12H,1-4H3. The normalized spacial score (nSPS) is 15.5. The molecule has 1 aliphatic heterocycles. The van der Waals surface area contributed by atoms with Gasteiger partial charge >= 0.3 is 0 Å². The van der Waals surface area contributed by atoms with Crippen LogP contribution in [0.2, 0.25) is 0 Å². The molecule has 0 saturated heterocycles. The molecular weight excluding hydrogens is 312 g/mol. The molecule has 25 heavy (non-hydrogen) atoms. The number of imidazole rings is 1. The number of fused-ring (bicyclic) bond motifs is 1. The first-order valence-electron chi connectivity index (χ1n) is 8.27. The maximum Gasteiger partial charge on any atom is 0.236 e. The fraction of sp³-hybridized carbons (Fsp3) is 0.250. The second-order valence-electron chi connectivity index (χ2n) is 7.05. The van der Waals surface area contributed by atoms with Crippen molar-refractivity contribution in [3.63, 3.8) is 0 Å². The molecule has 5 nitrogen and oxygen atoms in total. The van der Waals surface area contributed by atoms with Crippen LogP contribution in [-0.4, -0.2) is 27.5 Å². The average molecular weight is 332 g/mol. The van der Waals surface area contributed by atoms with Gasteiger partial charge in [-0.1, -0.05) is 12.1 Å². The van der Waals surface area contributed by atoms with Gasteiger partial charge in [0.05, 0.1) is 23.1 Å². The Morgan fingerprint density at radius 3 is 2.68 bits per heavy atom. The minimum atomic E-state index is -0.476. The van der Waals surface area contributed by atoms with Crippen molar-refractivity contribution in [2.24, 2.45) is 0 Å². The van der Waals surface area contributed by atoms with Gasteiger partial charge in [0.1, 0.15) is 0 Å². The second-order valence-corrected chi connectivity index (χ2v) is 7.05. The monoisotopic (exact) mass is 332 g/mol. The van der Waals surface area contributed by atoms with E-state index in [-0.39, 0.29) is 5.91 Å². The van der Waals surface area contributed by atoms with Crippen molar-refractivity contribution < 1.29 is 4.79 Å². The highest BCUT2D eigenvalue weighted by Gasteiger charge is 2.42. The Balaban J connectivity index is 1.76. The number of hydrogen-bond acceptors (Lipinski definition) is 3. The number of hydrogen-bond donors (Lipinski definition) is 0. The van der Waals surface area contributed by atoms with Crippen molar-refractivity contribution in [1.29, 1.82) is 0 Å². The van der Waals surface area contributed by atoms with Crippen LogP contribution in [0.25, 0.3) is 16.9 Å². The molecule has 5 heteroatoms. The van der Waals surface area contributed by atoms with Crippen LogP contribution in [0.4, 0.5) is 5.69 Å². The largest absolute Gasteiger partial charge is 0.314 e. The lowest BCUT2D eigenvalue weighted by Crippen LogP contribution is -2.33. The molecule has 4 rings (SSSR count). The van der Waals surface area contributed by atoms with Crippen molar-refractivity contribution in [2.75, 3.05) is 11.9 Å². The number of aromatic nitrogens is 3. The predicted molar refractivity (Wildman–Crippen MR) is 98.0 cm³/mol. The molecule has 0 spiro atoms. The summed E-state index contributed by atoms with van der Waals surface area (Å²) in [5.41, 5.74) is 5.58. The van der Waals surface area contributed by atoms with E-state index in [2.05, 4.69) is 9.97 Å². The molecule has 0 unspecified atom stereocenters. The summed E-state index contributed by atoms with van der Waals surface area (Å²) in [5.74, 6) is 0.123. The van der Waals surface area contributed by atoms with E-state index in [1.165, 1.54) is 0 Å². The number of carbonyl (C=O) groups excluding carboxylic acids is 1. The molecule has 0 fully saturated rings. The minimum Gasteiger partial charge on any atom is -0.314 e. The third-order valence-electron chi connectivity index (χ3n) is 5.02. The minimum absolute atomic E-state index is 0.123. The molecule has 3 heterocycles. The van der Waals surface area contributed by atoms with E-state index >= 15 is 0 Å². The first kappa shape index (κ1) is 15.6. The molecule has 1 aliphatic rings. The molecule has 1 amide bonds. The number of amides is 1. The summed E-state index contributed by atoms with van der Waals surface area (Å²) < 4.78 is 2.00. The van der Waals surface area contributed by atoms with Gasteiger partial charge in [-0.15, -0.1) is 0 Å². The Bertz CT molecular complexity index is 987. The van der Waals surface area contributed by atoms with E-state index in [0.717, 1.165) is 33.8 Å². The fourth-order valence-electron chi connectivity index (χ4n) is 3.50. The summed E-state index contributed by atoms with van der Waals surface area (Å²) in [6.45, 7) is 5.97. The van der Waals surface area contributed by atoms with Crippen LogP contribution in [0.3, 0.4) is 0 Å². The topological polar surface area (TPSA) is 51.0 Å². The van der Waals surface area contributed by atoms with Crippen LogP contribution in [0.15, 0.2) is 49.2 Å². The summed E-state index contributed by atoms with van der Waals surface area (Å²) in [6, 6.07) is 8.11. The molecule has 126 valence electrons. The highest BCUT2D eigenvalue weighted by Crippen LogP contribution is 2.42. The summed E-state index contributed by atoms with van der Waals surface area (Å²) in [5, 5.41) is 0. The Labute approximate surface area is 147 Å². The van der Waals surface area contributed by atoms with Crippen LogP contribution in [-0.2, 0) is 10.2 Å². The molecule has 2 aromatic heterocycles. The quantitative estimate of drug-likeness (QED) is 0.722. The van der Waals surface area contributed by atoms with Crippen LogP contribution >= 0.6 is 0 Å². The Morgan fingerprint density at radius 1 is 1.12 bits per heavy atom. The number of aryl methyl sites for hydroxylation is 1. The van der Waals surface area contributed by atoms with Gasteiger partial charge in [0.25, 0.3) is 0 Å². The Kier molecular flexibility index (Phi) is 3.29. The Morgan fingerprint density at radius 2 is 1.92 bits per heavy atom. The number of nitrogens with zero attached hydrogens (tertiary/aromatic N) is 4. The van der Waals surface area contributed by atoms with E-state index in [1.807, 2.05) is 75.4 Å². The highest BCUT2D eigenvalue weighted by molar-refractivity contribution is 6.07. The van der Waals surface area contributed by atoms with E-state index in [1.54, 1.807) is 11.1 Å². The maximum atomic E-state index is 12.5. The van der Waals surface area contributed by atoms with Crippen molar-refractivity contribution in [2.45, 2.75) is 26.2 Å². The summed E-state index contributed by atoms with van der Waals surface area (Å²) in [4.78, 5) is 22.9. The molecule has 0 aliphatic carbocycles. The number of carbonyl (C=O) groups is 1. The first-order valence-corrected chi connectivity index (χ1v) is 8.27. The van der Waals surface area contributed by atoms with Crippen molar-refractivity contribution in [3.8, 4) is 16.9 Å². The van der Waals surface area contributed by atoms with Crippen molar-refractivity contribution in [3.05, 3.63) is 60.3 Å². The van der Waals surface area contributed by atoms with Gasteiger partial charge in [-0.05, 0) is 44.0 Å². The molecule has 0 atom stereocenters. The van der Waals surface area contributed by atoms with Gasteiger partial charge in [-0.25, -0.2) is 4.98 Å². The number of pyridine rings is 1. The van der Waals surface area contributed by atoms with Gasteiger partial charge in [0, 0.05) is 36.9 Å².